The Balaban J connectivity index is 2.05. The van der Waals surface area contributed by atoms with Crippen molar-refractivity contribution in [2.24, 2.45) is 0 Å². The van der Waals surface area contributed by atoms with Crippen molar-refractivity contribution in [2.75, 3.05) is 5.32 Å². The van der Waals surface area contributed by atoms with E-state index < -0.39 is 23.8 Å². The Morgan fingerprint density at radius 3 is 2.74 bits per heavy atom. The molecule has 1 heterocycles. The van der Waals surface area contributed by atoms with E-state index in [0.717, 1.165) is 12.1 Å². The van der Waals surface area contributed by atoms with Crippen LogP contribution >= 0.6 is 11.6 Å². The highest BCUT2D eigenvalue weighted by Gasteiger charge is 2.24. The fourth-order valence-electron chi connectivity index (χ4n) is 1.80. The predicted molar refractivity (Wildman–Crippen MR) is 80.8 cm³/mol. The first-order valence-corrected chi connectivity index (χ1v) is 7.18. The highest BCUT2D eigenvalue weighted by Crippen LogP contribution is 2.19. The van der Waals surface area contributed by atoms with Gasteiger partial charge in [0.1, 0.15) is 11.6 Å². The standard InChI is InChI=1S/C15H14ClFN2O4/c1-3-12(14(20)18-13-6-8(2)23-19-13)22-15(21)10-5-4-9(17)7-11(10)16/h4-7,12H,3H2,1-2H3,(H,18,19,20)/t12-/m0/s1. The van der Waals surface area contributed by atoms with Crippen molar-refractivity contribution in [1.29, 1.82) is 0 Å². The highest BCUT2D eigenvalue weighted by atomic mass is 35.5. The van der Waals surface area contributed by atoms with Gasteiger partial charge in [0, 0.05) is 6.07 Å². The van der Waals surface area contributed by atoms with Crippen LogP contribution in [0.1, 0.15) is 29.5 Å². The fourth-order valence-corrected chi connectivity index (χ4v) is 2.05. The molecule has 0 aliphatic carbocycles. The van der Waals surface area contributed by atoms with Gasteiger partial charge < -0.3 is 14.6 Å². The zero-order valence-electron chi connectivity index (χ0n) is 12.4. The summed E-state index contributed by atoms with van der Waals surface area (Å²) in [5, 5.41) is 6.02. The maximum absolute atomic E-state index is 13.0. The molecule has 122 valence electrons. The number of anilines is 1. The molecule has 1 aromatic carbocycles. The van der Waals surface area contributed by atoms with Crippen molar-refractivity contribution in [3.05, 3.63) is 46.4 Å². The van der Waals surface area contributed by atoms with Crippen molar-refractivity contribution in [1.82, 2.24) is 5.16 Å². The Labute approximate surface area is 136 Å². The summed E-state index contributed by atoms with van der Waals surface area (Å²) in [5.74, 6) is -1.18. The van der Waals surface area contributed by atoms with E-state index in [9.17, 15) is 14.0 Å². The minimum Gasteiger partial charge on any atom is -0.449 e. The molecule has 1 amide bonds. The lowest BCUT2D eigenvalue weighted by atomic mass is 10.2. The van der Waals surface area contributed by atoms with Gasteiger partial charge in [0.25, 0.3) is 5.91 Å². The molecular formula is C15H14ClFN2O4. The van der Waals surface area contributed by atoms with Crippen LogP contribution in [-0.2, 0) is 9.53 Å². The van der Waals surface area contributed by atoms with Gasteiger partial charge in [-0.3, -0.25) is 4.79 Å². The minimum atomic E-state index is -1.04. The number of nitrogens with zero attached hydrogens (tertiary/aromatic N) is 1. The van der Waals surface area contributed by atoms with Crippen molar-refractivity contribution < 1.29 is 23.2 Å². The molecule has 8 heteroatoms. The van der Waals surface area contributed by atoms with Crippen LogP contribution in [0.25, 0.3) is 0 Å². The Morgan fingerprint density at radius 1 is 1.43 bits per heavy atom. The number of ether oxygens (including phenoxy) is 1. The second kappa shape index (κ2) is 7.23. The molecule has 0 saturated heterocycles. The maximum Gasteiger partial charge on any atom is 0.340 e. The summed E-state index contributed by atoms with van der Waals surface area (Å²) in [5.41, 5.74) is -0.0170. The molecular weight excluding hydrogens is 327 g/mol. The average Bonchev–Trinajstić information content (AvgIpc) is 2.89. The third kappa shape index (κ3) is 4.29. The van der Waals surface area contributed by atoms with Crippen LogP contribution in [0.3, 0.4) is 0 Å². The van der Waals surface area contributed by atoms with Crippen LogP contribution < -0.4 is 5.32 Å². The quantitative estimate of drug-likeness (QED) is 0.844. The lowest BCUT2D eigenvalue weighted by Crippen LogP contribution is -2.32. The molecule has 1 atom stereocenters. The first-order valence-electron chi connectivity index (χ1n) is 6.81. The lowest BCUT2D eigenvalue weighted by molar-refractivity contribution is -0.124. The van der Waals surface area contributed by atoms with Gasteiger partial charge in [0.05, 0.1) is 10.6 Å². The number of hydrogen-bond acceptors (Lipinski definition) is 5. The smallest absolute Gasteiger partial charge is 0.340 e. The summed E-state index contributed by atoms with van der Waals surface area (Å²) in [6.45, 7) is 3.36. The zero-order chi connectivity index (χ0) is 17.0. The average molecular weight is 341 g/mol. The number of nitrogens with one attached hydrogen (secondary N) is 1. The summed E-state index contributed by atoms with van der Waals surface area (Å²) in [7, 11) is 0. The molecule has 1 N–H and O–H groups in total. The number of carbonyl (C=O) groups is 2. The largest absolute Gasteiger partial charge is 0.449 e. The number of hydrogen-bond donors (Lipinski definition) is 1. The Hall–Kier alpha value is -2.41. The molecule has 0 spiro atoms. The first-order chi connectivity index (χ1) is 10.9. The number of halogens is 2. The predicted octanol–water partition coefficient (Wildman–Crippen LogP) is 3.35. The number of aryl methyl sites for hydroxylation is 1. The molecule has 0 fully saturated rings. The summed E-state index contributed by atoms with van der Waals surface area (Å²) in [6, 6.07) is 4.81. The Kier molecular flexibility index (Phi) is 5.33. The molecule has 2 aromatic rings. The van der Waals surface area contributed by atoms with Gasteiger partial charge in [-0.25, -0.2) is 9.18 Å². The van der Waals surface area contributed by atoms with E-state index in [4.69, 9.17) is 20.9 Å². The second-order valence-electron chi connectivity index (χ2n) is 4.74. The summed E-state index contributed by atoms with van der Waals surface area (Å²) >= 11 is 5.80. The number of benzene rings is 1. The first kappa shape index (κ1) is 17.0. The molecule has 0 unspecified atom stereocenters. The van der Waals surface area contributed by atoms with E-state index in [-0.39, 0.29) is 22.8 Å². The van der Waals surface area contributed by atoms with E-state index in [2.05, 4.69) is 10.5 Å². The maximum atomic E-state index is 13.0. The van der Waals surface area contributed by atoms with Crippen molar-refractivity contribution in [3.63, 3.8) is 0 Å². The van der Waals surface area contributed by atoms with E-state index in [0.29, 0.717) is 5.76 Å². The van der Waals surface area contributed by atoms with Crippen LogP contribution in [0.5, 0.6) is 0 Å². The molecule has 0 bridgehead atoms. The van der Waals surface area contributed by atoms with Gasteiger partial charge >= 0.3 is 5.97 Å². The number of amides is 1. The van der Waals surface area contributed by atoms with Crippen molar-refractivity contribution in [3.8, 4) is 0 Å². The Bertz CT molecular complexity index is 732. The number of aromatic nitrogens is 1. The zero-order valence-corrected chi connectivity index (χ0v) is 13.2. The molecule has 0 aliphatic rings. The number of carbonyl (C=O) groups excluding carboxylic acids is 2. The Morgan fingerprint density at radius 2 is 2.17 bits per heavy atom. The molecule has 0 aliphatic heterocycles. The van der Waals surface area contributed by atoms with Crippen molar-refractivity contribution in [2.45, 2.75) is 26.4 Å². The van der Waals surface area contributed by atoms with Crippen LogP contribution in [0.15, 0.2) is 28.8 Å². The lowest BCUT2D eigenvalue weighted by Gasteiger charge is -2.15. The van der Waals surface area contributed by atoms with Gasteiger partial charge in [0.15, 0.2) is 11.9 Å². The fraction of sp³-hybridized carbons (Fsp3) is 0.267. The minimum absolute atomic E-state index is 0.0170. The third-order valence-corrected chi connectivity index (χ3v) is 3.26. The van der Waals surface area contributed by atoms with E-state index in [1.165, 1.54) is 12.1 Å². The topological polar surface area (TPSA) is 81.4 Å². The summed E-state index contributed by atoms with van der Waals surface area (Å²) in [4.78, 5) is 24.2. The van der Waals surface area contributed by atoms with Gasteiger partial charge in [-0.15, -0.1) is 0 Å². The van der Waals surface area contributed by atoms with Crippen LogP contribution in [0, 0.1) is 12.7 Å². The molecule has 1 aromatic heterocycles. The van der Waals surface area contributed by atoms with Gasteiger partial charge in [0.2, 0.25) is 0 Å². The van der Waals surface area contributed by atoms with E-state index in [1.807, 2.05) is 0 Å². The summed E-state index contributed by atoms with van der Waals surface area (Å²) < 4.78 is 23.0. The molecule has 6 nitrogen and oxygen atoms in total. The number of rotatable bonds is 5. The van der Waals surface area contributed by atoms with Gasteiger partial charge in [-0.2, -0.15) is 0 Å². The highest BCUT2D eigenvalue weighted by molar-refractivity contribution is 6.33. The van der Waals surface area contributed by atoms with Gasteiger partial charge in [-0.1, -0.05) is 23.7 Å². The third-order valence-electron chi connectivity index (χ3n) is 2.94. The van der Waals surface area contributed by atoms with Crippen LogP contribution in [0.4, 0.5) is 10.2 Å². The second-order valence-corrected chi connectivity index (χ2v) is 5.15. The normalized spacial score (nSPS) is 11.8. The van der Waals surface area contributed by atoms with Gasteiger partial charge in [-0.05, 0) is 31.5 Å². The summed E-state index contributed by atoms with van der Waals surface area (Å²) in [6.07, 6.45) is -0.798. The van der Waals surface area contributed by atoms with E-state index in [1.54, 1.807) is 13.8 Å². The SMILES string of the molecule is CC[C@H](OC(=O)c1ccc(F)cc1Cl)C(=O)Nc1cc(C)on1. The van der Waals surface area contributed by atoms with E-state index >= 15 is 0 Å². The van der Waals surface area contributed by atoms with Crippen LogP contribution in [0.2, 0.25) is 5.02 Å². The monoisotopic (exact) mass is 340 g/mol. The molecule has 0 saturated carbocycles. The van der Waals surface area contributed by atoms with Crippen molar-refractivity contribution >= 4 is 29.3 Å². The molecule has 23 heavy (non-hydrogen) atoms. The molecule has 2 rings (SSSR count). The van der Waals surface area contributed by atoms with Crippen LogP contribution in [-0.4, -0.2) is 23.1 Å². The molecule has 0 radical (unpaired) electrons. The number of esters is 1.